The Kier molecular flexibility index (Phi) is 2.65. The third-order valence-corrected chi connectivity index (χ3v) is 1.92. The zero-order chi connectivity index (χ0) is 7.56. The summed E-state index contributed by atoms with van der Waals surface area (Å²) in [4.78, 5) is 0. The second-order valence-electron chi connectivity index (χ2n) is 2.69. The van der Waals surface area contributed by atoms with E-state index in [1.165, 1.54) is 0 Å². The molecule has 2 N–H and O–H groups in total. The largest absolute Gasteiger partial charge is 0.396 e. The SMILES string of the molecule is CCO[C@H](O)C1CC1CO. The molecule has 10 heavy (non-hydrogen) atoms. The molecule has 0 aromatic heterocycles. The predicted molar refractivity (Wildman–Crippen MR) is 36.3 cm³/mol. The average Bonchev–Trinajstić information content (AvgIpc) is 2.66. The van der Waals surface area contributed by atoms with Crippen molar-refractivity contribution in [1.82, 2.24) is 0 Å². The van der Waals surface area contributed by atoms with E-state index >= 15 is 0 Å². The van der Waals surface area contributed by atoms with Gasteiger partial charge in [0.05, 0.1) is 0 Å². The highest BCUT2D eigenvalue weighted by molar-refractivity contribution is 4.87. The maximum Gasteiger partial charge on any atom is 0.157 e. The molecule has 0 bridgehead atoms. The van der Waals surface area contributed by atoms with Crippen molar-refractivity contribution in [2.45, 2.75) is 19.6 Å². The van der Waals surface area contributed by atoms with Crippen molar-refractivity contribution in [2.75, 3.05) is 13.2 Å². The molecule has 0 aromatic rings. The van der Waals surface area contributed by atoms with Crippen LogP contribution in [0, 0.1) is 11.8 Å². The van der Waals surface area contributed by atoms with Crippen LogP contribution in [0.5, 0.6) is 0 Å². The molecule has 1 rings (SSSR count). The Hall–Kier alpha value is -0.120. The predicted octanol–water partition coefficient (Wildman–Crippen LogP) is -0.0303. The van der Waals surface area contributed by atoms with E-state index in [0.29, 0.717) is 6.61 Å². The Morgan fingerprint density at radius 1 is 1.70 bits per heavy atom. The fraction of sp³-hybridized carbons (Fsp3) is 1.00. The summed E-state index contributed by atoms with van der Waals surface area (Å²) in [6.07, 6.45) is 0.250. The summed E-state index contributed by atoms with van der Waals surface area (Å²) >= 11 is 0. The smallest absolute Gasteiger partial charge is 0.157 e. The van der Waals surface area contributed by atoms with Crippen LogP contribution in [0.1, 0.15) is 13.3 Å². The van der Waals surface area contributed by atoms with Crippen LogP contribution in [0.15, 0.2) is 0 Å². The maximum absolute atomic E-state index is 9.16. The van der Waals surface area contributed by atoms with Crippen LogP contribution in [-0.4, -0.2) is 29.7 Å². The lowest BCUT2D eigenvalue weighted by Crippen LogP contribution is -2.15. The summed E-state index contributed by atoms with van der Waals surface area (Å²) in [6.45, 7) is 2.56. The van der Waals surface area contributed by atoms with Crippen molar-refractivity contribution in [2.24, 2.45) is 11.8 Å². The van der Waals surface area contributed by atoms with E-state index in [1.54, 1.807) is 0 Å². The second kappa shape index (κ2) is 3.32. The van der Waals surface area contributed by atoms with Crippen LogP contribution in [0.3, 0.4) is 0 Å². The quantitative estimate of drug-likeness (QED) is 0.547. The van der Waals surface area contributed by atoms with Crippen molar-refractivity contribution in [3.63, 3.8) is 0 Å². The molecule has 0 aromatic carbocycles. The highest BCUT2D eigenvalue weighted by Gasteiger charge is 2.42. The summed E-state index contributed by atoms with van der Waals surface area (Å²) in [6, 6.07) is 0. The first-order valence-electron chi connectivity index (χ1n) is 3.70. The summed E-state index contributed by atoms with van der Waals surface area (Å²) in [7, 11) is 0. The van der Waals surface area contributed by atoms with E-state index in [1.807, 2.05) is 6.92 Å². The van der Waals surface area contributed by atoms with Gasteiger partial charge < -0.3 is 14.9 Å². The van der Waals surface area contributed by atoms with E-state index in [2.05, 4.69) is 0 Å². The molecule has 0 heterocycles. The van der Waals surface area contributed by atoms with Crippen molar-refractivity contribution >= 4 is 0 Å². The Morgan fingerprint density at radius 2 is 2.40 bits per heavy atom. The molecular weight excluding hydrogens is 132 g/mol. The maximum atomic E-state index is 9.16. The number of hydrogen-bond acceptors (Lipinski definition) is 3. The van der Waals surface area contributed by atoms with Gasteiger partial charge in [-0.2, -0.15) is 0 Å². The lowest BCUT2D eigenvalue weighted by atomic mass is 10.3. The van der Waals surface area contributed by atoms with Crippen LogP contribution in [0.25, 0.3) is 0 Å². The summed E-state index contributed by atoms with van der Waals surface area (Å²) in [5.41, 5.74) is 0. The standard InChI is InChI=1S/C7H14O3/c1-2-10-7(9)6-3-5(6)4-8/h5-9H,2-4H2,1H3/t5?,6?,7-/m0/s1. The van der Waals surface area contributed by atoms with Gasteiger partial charge in [-0.05, 0) is 19.3 Å². The van der Waals surface area contributed by atoms with E-state index in [-0.39, 0.29) is 18.4 Å². The molecule has 1 aliphatic carbocycles. The minimum absolute atomic E-state index is 0.175. The molecule has 0 radical (unpaired) electrons. The Balaban J connectivity index is 2.12. The molecule has 3 nitrogen and oxygen atoms in total. The van der Waals surface area contributed by atoms with Crippen molar-refractivity contribution < 1.29 is 14.9 Å². The number of aliphatic hydroxyl groups excluding tert-OH is 2. The molecular formula is C7H14O3. The molecule has 3 heteroatoms. The zero-order valence-corrected chi connectivity index (χ0v) is 6.16. The van der Waals surface area contributed by atoms with Crippen LogP contribution in [0.4, 0.5) is 0 Å². The average molecular weight is 146 g/mol. The topological polar surface area (TPSA) is 49.7 Å². The van der Waals surface area contributed by atoms with E-state index in [4.69, 9.17) is 14.9 Å². The Labute approximate surface area is 60.6 Å². The van der Waals surface area contributed by atoms with Gasteiger partial charge in [0.15, 0.2) is 6.29 Å². The molecule has 60 valence electrons. The van der Waals surface area contributed by atoms with Crippen molar-refractivity contribution in [3.8, 4) is 0 Å². The molecule has 1 aliphatic rings. The number of hydrogen-bond donors (Lipinski definition) is 2. The van der Waals surface area contributed by atoms with E-state index in [0.717, 1.165) is 6.42 Å². The van der Waals surface area contributed by atoms with Crippen LogP contribution in [-0.2, 0) is 4.74 Å². The third-order valence-electron chi connectivity index (χ3n) is 1.92. The highest BCUT2D eigenvalue weighted by atomic mass is 16.6. The van der Waals surface area contributed by atoms with Crippen molar-refractivity contribution in [1.29, 1.82) is 0 Å². The third kappa shape index (κ3) is 1.68. The molecule has 0 amide bonds. The van der Waals surface area contributed by atoms with Crippen molar-refractivity contribution in [3.05, 3.63) is 0 Å². The van der Waals surface area contributed by atoms with Gasteiger partial charge in [-0.3, -0.25) is 0 Å². The minimum Gasteiger partial charge on any atom is -0.396 e. The molecule has 1 saturated carbocycles. The number of rotatable bonds is 4. The van der Waals surface area contributed by atoms with Crippen LogP contribution in [0.2, 0.25) is 0 Å². The highest BCUT2D eigenvalue weighted by Crippen LogP contribution is 2.40. The molecule has 0 saturated heterocycles. The van der Waals surface area contributed by atoms with E-state index < -0.39 is 6.29 Å². The lowest BCUT2D eigenvalue weighted by Gasteiger charge is -2.08. The zero-order valence-electron chi connectivity index (χ0n) is 6.16. The van der Waals surface area contributed by atoms with Crippen LogP contribution >= 0.6 is 0 Å². The van der Waals surface area contributed by atoms with Gasteiger partial charge in [-0.15, -0.1) is 0 Å². The summed E-state index contributed by atoms with van der Waals surface area (Å²) in [5, 5.41) is 17.8. The Bertz CT molecular complexity index is 105. The summed E-state index contributed by atoms with van der Waals surface area (Å²) in [5.74, 6) is 0.464. The first-order chi connectivity index (χ1) is 4.79. The van der Waals surface area contributed by atoms with Crippen LogP contribution < -0.4 is 0 Å². The molecule has 0 aliphatic heterocycles. The first kappa shape index (κ1) is 7.98. The molecule has 3 atom stereocenters. The van der Waals surface area contributed by atoms with Gasteiger partial charge in [0.25, 0.3) is 0 Å². The lowest BCUT2D eigenvalue weighted by molar-refractivity contribution is -0.112. The fourth-order valence-electron chi connectivity index (χ4n) is 1.12. The fourth-order valence-corrected chi connectivity index (χ4v) is 1.12. The van der Waals surface area contributed by atoms with Gasteiger partial charge in [0.1, 0.15) is 0 Å². The number of aliphatic hydroxyl groups is 2. The monoisotopic (exact) mass is 146 g/mol. The van der Waals surface area contributed by atoms with Gasteiger partial charge >= 0.3 is 0 Å². The molecule has 0 spiro atoms. The van der Waals surface area contributed by atoms with Gasteiger partial charge in [-0.1, -0.05) is 0 Å². The van der Waals surface area contributed by atoms with Gasteiger partial charge in [0, 0.05) is 19.1 Å². The first-order valence-corrected chi connectivity index (χ1v) is 3.70. The normalized spacial score (nSPS) is 33.9. The van der Waals surface area contributed by atoms with E-state index in [9.17, 15) is 0 Å². The number of ether oxygens (including phenoxy) is 1. The molecule has 1 fully saturated rings. The molecule has 2 unspecified atom stereocenters. The van der Waals surface area contributed by atoms with Gasteiger partial charge in [-0.25, -0.2) is 0 Å². The Morgan fingerprint density at radius 3 is 2.80 bits per heavy atom. The summed E-state index contributed by atoms with van der Waals surface area (Å²) < 4.78 is 4.94. The van der Waals surface area contributed by atoms with Gasteiger partial charge in [0.2, 0.25) is 0 Å². The second-order valence-corrected chi connectivity index (χ2v) is 2.69. The minimum atomic E-state index is -0.651.